The topological polar surface area (TPSA) is 65.5 Å². The predicted molar refractivity (Wildman–Crippen MR) is 81.1 cm³/mol. The molecule has 1 aromatic heterocycles. The minimum Gasteiger partial charge on any atom is -0.488 e. The van der Waals surface area contributed by atoms with Crippen molar-refractivity contribution in [2.75, 3.05) is 7.11 Å². The molecule has 0 fully saturated rings. The van der Waals surface area contributed by atoms with Gasteiger partial charge < -0.3 is 9.47 Å². The van der Waals surface area contributed by atoms with E-state index in [9.17, 15) is 9.59 Å². The highest BCUT2D eigenvalue weighted by Gasteiger charge is 2.15. The highest BCUT2D eigenvalue weighted by atomic mass is 16.5. The lowest BCUT2D eigenvalue weighted by atomic mass is 10.0. The van der Waals surface area contributed by atoms with Crippen LogP contribution in [0.25, 0.3) is 0 Å². The van der Waals surface area contributed by atoms with E-state index in [1.807, 2.05) is 0 Å². The van der Waals surface area contributed by atoms with Crippen molar-refractivity contribution in [2.45, 2.75) is 20.5 Å². The van der Waals surface area contributed by atoms with E-state index in [1.165, 1.54) is 14.0 Å². The van der Waals surface area contributed by atoms with Gasteiger partial charge in [0.2, 0.25) is 0 Å². The highest BCUT2D eigenvalue weighted by Crippen LogP contribution is 2.21. The maximum Gasteiger partial charge on any atom is 0.341 e. The Morgan fingerprint density at radius 2 is 1.91 bits per heavy atom. The quantitative estimate of drug-likeness (QED) is 0.627. The van der Waals surface area contributed by atoms with E-state index in [0.29, 0.717) is 22.6 Å². The standard InChI is InChI=1S/C17H17NO4/c1-11-16(12(2)19)13(8-9-18-11)10-22-15-7-5-4-6-14(15)17(20)21-3/h4-9H,10H2,1-3H3. The van der Waals surface area contributed by atoms with Gasteiger partial charge in [0.15, 0.2) is 5.78 Å². The lowest BCUT2D eigenvalue weighted by Gasteiger charge is -2.13. The summed E-state index contributed by atoms with van der Waals surface area (Å²) < 4.78 is 10.4. The molecule has 0 N–H and O–H groups in total. The van der Waals surface area contributed by atoms with Crippen molar-refractivity contribution in [3.63, 3.8) is 0 Å². The fourth-order valence-electron chi connectivity index (χ4n) is 2.25. The first-order chi connectivity index (χ1) is 10.5. The monoisotopic (exact) mass is 299 g/mol. The van der Waals surface area contributed by atoms with E-state index in [-0.39, 0.29) is 12.4 Å². The second-order valence-corrected chi connectivity index (χ2v) is 4.76. The minimum absolute atomic E-state index is 0.0644. The smallest absolute Gasteiger partial charge is 0.341 e. The average Bonchev–Trinajstić information content (AvgIpc) is 2.52. The summed E-state index contributed by atoms with van der Waals surface area (Å²) in [6.45, 7) is 3.45. The van der Waals surface area contributed by atoms with Gasteiger partial charge in [0, 0.05) is 23.0 Å². The van der Waals surface area contributed by atoms with Crippen molar-refractivity contribution < 1.29 is 19.1 Å². The molecule has 1 heterocycles. The van der Waals surface area contributed by atoms with Crippen molar-refractivity contribution in [3.8, 4) is 5.75 Å². The van der Waals surface area contributed by atoms with E-state index in [1.54, 1.807) is 43.5 Å². The number of esters is 1. The Balaban J connectivity index is 2.27. The largest absolute Gasteiger partial charge is 0.488 e. The van der Waals surface area contributed by atoms with Crippen LogP contribution in [0, 0.1) is 6.92 Å². The Morgan fingerprint density at radius 3 is 2.59 bits per heavy atom. The molecule has 0 saturated heterocycles. The van der Waals surface area contributed by atoms with Crippen LogP contribution in [-0.4, -0.2) is 23.8 Å². The number of ketones is 1. The SMILES string of the molecule is COC(=O)c1ccccc1OCc1ccnc(C)c1C(C)=O. The third kappa shape index (κ3) is 3.31. The first kappa shape index (κ1) is 15.7. The van der Waals surface area contributed by atoms with Crippen LogP contribution in [0.1, 0.15) is 38.9 Å². The van der Waals surface area contributed by atoms with Gasteiger partial charge in [-0.05, 0) is 32.0 Å². The number of aromatic nitrogens is 1. The number of ether oxygens (including phenoxy) is 2. The molecule has 0 amide bonds. The van der Waals surface area contributed by atoms with Crippen LogP contribution in [0.5, 0.6) is 5.75 Å². The molecule has 0 atom stereocenters. The zero-order chi connectivity index (χ0) is 16.1. The molecule has 0 saturated carbocycles. The molecule has 5 heteroatoms. The summed E-state index contributed by atoms with van der Waals surface area (Å²) >= 11 is 0. The Hall–Kier alpha value is -2.69. The summed E-state index contributed by atoms with van der Waals surface area (Å²) in [5.74, 6) is -0.114. The van der Waals surface area contributed by atoms with Gasteiger partial charge in [-0.1, -0.05) is 12.1 Å². The number of nitrogens with zero attached hydrogens (tertiary/aromatic N) is 1. The van der Waals surface area contributed by atoms with Gasteiger partial charge in [-0.2, -0.15) is 0 Å². The second-order valence-electron chi connectivity index (χ2n) is 4.76. The van der Waals surface area contributed by atoms with Gasteiger partial charge in [-0.25, -0.2) is 4.79 Å². The number of carbonyl (C=O) groups excluding carboxylic acids is 2. The van der Waals surface area contributed by atoms with Crippen LogP contribution in [0.2, 0.25) is 0 Å². The van der Waals surface area contributed by atoms with Crippen molar-refractivity contribution >= 4 is 11.8 Å². The van der Waals surface area contributed by atoms with E-state index in [0.717, 1.165) is 5.56 Å². The number of hydrogen-bond donors (Lipinski definition) is 0. The number of aryl methyl sites for hydroxylation is 1. The van der Waals surface area contributed by atoms with Crippen LogP contribution in [0.4, 0.5) is 0 Å². The molecular weight excluding hydrogens is 282 g/mol. The van der Waals surface area contributed by atoms with Gasteiger partial charge in [0.25, 0.3) is 0 Å². The number of methoxy groups -OCH3 is 1. The maximum absolute atomic E-state index is 11.8. The predicted octanol–water partition coefficient (Wildman–Crippen LogP) is 2.96. The first-order valence-electron chi connectivity index (χ1n) is 6.80. The Labute approximate surface area is 128 Å². The summed E-state index contributed by atoms with van der Waals surface area (Å²) in [4.78, 5) is 27.6. The summed E-state index contributed by atoms with van der Waals surface area (Å²) in [5, 5.41) is 0. The Morgan fingerprint density at radius 1 is 1.18 bits per heavy atom. The molecule has 5 nitrogen and oxygen atoms in total. The van der Waals surface area contributed by atoms with Crippen LogP contribution < -0.4 is 4.74 Å². The van der Waals surface area contributed by atoms with Gasteiger partial charge in [0.1, 0.15) is 17.9 Å². The van der Waals surface area contributed by atoms with E-state index < -0.39 is 5.97 Å². The fourth-order valence-corrected chi connectivity index (χ4v) is 2.25. The lowest BCUT2D eigenvalue weighted by Crippen LogP contribution is -2.09. The van der Waals surface area contributed by atoms with Gasteiger partial charge >= 0.3 is 5.97 Å². The molecule has 2 rings (SSSR count). The van der Waals surface area contributed by atoms with Crippen molar-refractivity contribution in [3.05, 3.63) is 58.9 Å². The molecule has 1 aromatic carbocycles. The normalized spacial score (nSPS) is 10.1. The molecule has 0 bridgehead atoms. The molecule has 0 aliphatic carbocycles. The zero-order valence-electron chi connectivity index (χ0n) is 12.8. The van der Waals surface area contributed by atoms with Crippen LogP contribution >= 0.6 is 0 Å². The van der Waals surface area contributed by atoms with Gasteiger partial charge in [-0.3, -0.25) is 9.78 Å². The van der Waals surface area contributed by atoms with Crippen molar-refractivity contribution in [1.29, 1.82) is 0 Å². The number of rotatable bonds is 5. The first-order valence-corrected chi connectivity index (χ1v) is 6.80. The average molecular weight is 299 g/mol. The molecule has 0 aliphatic heterocycles. The molecule has 0 unspecified atom stereocenters. The summed E-state index contributed by atoms with van der Waals surface area (Å²) in [6, 6.07) is 8.56. The fraction of sp³-hybridized carbons (Fsp3) is 0.235. The van der Waals surface area contributed by atoms with Crippen molar-refractivity contribution in [1.82, 2.24) is 4.98 Å². The third-order valence-electron chi connectivity index (χ3n) is 3.25. The van der Waals surface area contributed by atoms with Crippen LogP contribution in [0.3, 0.4) is 0 Å². The summed E-state index contributed by atoms with van der Waals surface area (Å²) in [7, 11) is 1.32. The van der Waals surface area contributed by atoms with E-state index in [2.05, 4.69) is 4.98 Å². The number of benzene rings is 1. The van der Waals surface area contributed by atoms with E-state index >= 15 is 0 Å². The Bertz CT molecular complexity index is 710. The van der Waals surface area contributed by atoms with Crippen LogP contribution in [-0.2, 0) is 11.3 Å². The van der Waals surface area contributed by atoms with Crippen molar-refractivity contribution in [2.24, 2.45) is 0 Å². The highest BCUT2D eigenvalue weighted by molar-refractivity contribution is 5.96. The lowest BCUT2D eigenvalue weighted by molar-refractivity contribution is 0.0595. The molecular formula is C17H17NO4. The number of carbonyl (C=O) groups is 2. The number of hydrogen-bond acceptors (Lipinski definition) is 5. The van der Waals surface area contributed by atoms with E-state index in [4.69, 9.17) is 9.47 Å². The number of pyridine rings is 1. The minimum atomic E-state index is -0.465. The Kier molecular flexibility index (Phi) is 4.88. The number of para-hydroxylation sites is 1. The molecule has 114 valence electrons. The zero-order valence-corrected chi connectivity index (χ0v) is 12.8. The third-order valence-corrected chi connectivity index (χ3v) is 3.25. The molecule has 22 heavy (non-hydrogen) atoms. The van der Waals surface area contributed by atoms with Gasteiger partial charge in [0.05, 0.1) is 7.11 Å². The second kappa shape index (κ2) is 6.85. The molecule has 0 radical (unpaired) electrons. The molecule has 0 spiro atoms. The van der Waals surface area contributed by atoms with Gasteiger partial charge in [-0.15, -0.1) is 0 Å². The summed E-state index contributed by atoms with van der Waals surface area (Å²) in [6.07, 6.45) is 1.63. The molecule has 2 aromatic rings. The maximum atomic E-state index is 11.8. The molecule has 0 aliphatic rings. The van der Waals surface area contributed by atoms with Crippen LogP contribution in [0.15, 0.2) is 36.5 Å². The number of Topliss-reactive ketones (excluding diaryl/α,β-unsaturated/α-hetero) is 1. The summed E-state index contributed by atoms with van der Waals surface area (Å²) in [5.41, 5.74) is 2.30.